The summed E-state index contributed by atoms with van der Waals surface area (Å²) >= 11 is 3.08. The van der Waals surface area contributed by atoms with Gasteiger partial charge in [-0.3, -0.25) is 0 Å². The van der Waals surface area contributed by atoms with Crippen molar-refractivity contribution < 1.29 is 13.2 Å². The fraction of sp³-hybridized carbons (Fsp3) is 0.0909. The Bertz CT molecular complexity index is 506. The van der Waals surface area contributed by atoms with Crippen molar-refractivity contribution in [3.63, 3.8) is 0 Å². The van der Waals surface area contributed by atoms with E-state index in [-0.39, 0.29) is 0 Å². The largest absolute Gasteiger partial charge is 0.416 e. The first kappa shape index (κ1) is 12.0. The summed E-state index contributed by atoms with van der Waals surface area (Å²) in [5.74, 6) is 0. The van der Waals surface area contributed by atoms with Crippen LogP contribution in [0.5, 0.6) is 0 Å². The van der Waals surface area contributed by atoms with Gasteiger partial charge in [-0.15, -0.1) is 0 Å². The van der Waals surface area contributed by atoms with Gasteiger partial charge in [0.2, 0.25) is 0 Å². The van der Waals surface area contributed by atoms with Gasteiger partial charge in [-0.25, -0.2) is 9.97 Å². The van der Waals surface area contributed by atoms with Gasteiger partial charge in [-0.05, 0) is 33.6 Å². The van der Waals surface area contributed by atoms with Crippen LogP contribution in [-0.2, 0) is 6.18 Å². The van der Waals surface area contributed by atoms with E-state index in [0.29, 0.717) is 15.9 Å². The van der Waals surface area contributed by atoms with Crippen LogP contribution >= 0.6 is 15.9 Å². The predicted octanol–water partition coefficient (Wildman–Crippen LogP) is 3.92. The average Bonchev–Trinajstić information content (AvgIpc) is 2.29. The molecule has 1 heterocycles. The Morgan fingerprint density at radius 1 is 0.882 bits per heavy atom. The Kier molecular flexibility index (Phi) is 3.15. The third-order valence-electron chi connectivity index (χ3n) is 2.17. The summed E-state index contributed by atoms with van der Waals surface area (Å²) in [6.45, 7) is 0. The van der Waals surface area contributed by atoms with E-state index in [0.717, 1.165) is 12.1 Å². The summed E-state index contributed by atoms with van der Waals surface area (Å²) in [5, 5.41) is 0. The van der Waals surface area contributed by atoms with Crippen LogP contribution in [0.2, 0.25) is 0 Å². The van der Waals surface area contributed by atoms with Crippen molar-refractivity contribution in [2.75, 3.05) is 0 Å². The fourth-order valence-electron chi connectivity index (χ4n) is 1.31. The van der Waals surface area contributed by atoms with Crippen molar-refractivity contribution in [1.82, 2.24) is 9.97 Å². The number of alkyl halides is 3. The molecule has 0 unspecified atom stereocenters. The molecule has 0 aliphatic heterocycles. The zero-order valence-electron chi connectivity index (χ0n) is 8.37. The van der Waals surface area contributed by atoms with Crippen molar-refractivity contribution in [2.45, 2.75) is 6.18 Å². The highest BCUT2D eigenvalue weighted by Gasteiger charge is 2.29. The first-order chi connectivity index (χ1) is 7.97. The van der Waals surface area contributed by atoms with E-state index < -0.39 is 11.7 Å². The van der Waals surface area contributed by atoms with Crippen LogP contribution in [0.25, 0.3) is 11.1 Å². The monoisotopic (exact) mass is 302 g/mol. The second kappa shape index (κ2) is 4.44. The number of halogens is 4. The lowest BCUT2D eigenvalue weighted by Gasteiger charge is -2.07. The Morgan fingerprint density at radius 2 is 1.41 bits per heavy atom. The molecule has 1 aromatic carbocycles. The highest BCUT2D eigenvalue weighted by Crippen LogP contribution is 2.30. The van der Waals surface area contributed by atoms with Gasteiger partial charge in [0.05, 0.1) is 5.56 Å². The summed E-state index contributed by atoms with van der Waals surface area (Å²) in [7, 11) is 0. The van der Waals surface area contributed by atoms with E-state index in [1.165, 1.54) is 12.1 Å². The molecule has 0 aliphatic carbocycles. The molecule has 0 saturated carbocycles. The molecule has 0 saturated heterocycles. The highest BCUT2D eigenvalue weighted by atomic mass is 79.9. The molecule has 2 nitrogen and oxygen atoms in total. The highest BCUT2D eigenvalue weighted by molar-refractivity contribution is 9.10. The van der Waals surface area contributed by atoms with Crippen LogP contribution in [0.15, 0.2) is 41.4 Å². The van der Waals surface area contributed by atoms with Gasteiger partial charge in [-0.1, -0.05) is 12.1 Å². The number of hydrogen-bond donors (Lipinski definition) is 0. The molecule has 0 atom stereocenters. The third kappa shape index (κ3) is 2.82. The second-order valence-corrected chi connectivity index (χ2v) is 4.03. The van der Waals surface area contributed by atoms with Gasteiger partial charge in [-0.2, -0.15) is 13.2 Å². The molecule has 2 rings (SSSR count). The number of benzene rings is 1. The van der Waals surface area contributed by atoms with Crippen molar-refractivity contribution in [3.05, 3.63) is 47.0 Å². The van der Waals surface area contributed by atoms with E-state index in [2.05, 4.69) is 25.9 Å². The maximum Gasteiger partial charge on any atom is 0.416 e. The third-order valence-corrected chi connectivity index (χ3v) is 2.58. The normalized spacial score (nSPS) is 11.5. The molecular weight excluding hydrogens is 297 g/mol. The Balaban J connectivity index is 2.33. The second-order valence-electron chi connectivity index (χ2n) is 3.32. The Hall–Kier alpha value is -1.43. The summed E-state index contributed by atoms with van der Waals surface area (Å²) in [6.07, 6.45) is -1.23. The molecule has 2 aromatic rings. The van der Waals surface area contributed by atoms with Crippen LogP contribution in [0.4, 0.5) is 13.2 Å². The SMILES string of the molecule is FC(F)(F)c1ccc(-c2cnc(Br)nc2)cc1. The quantitative estimate of drug-likeness (QED) is 0.746. The maximum atomic E-state index is 12.3. The minimum absolute atomic E-state index is 0.438. The molecule has 0 aliphatic rings. The van der Waals surface area contributed by atoms with Crippen molar-refractivity contribution in [1.29, 1.82) is 0 Å². The molecule has 88 valence electrons. The zero-order chi connectivity index (χ0) is 12.5. The summed E-state index contributed by atoms with van der Waals surface area (Å²) in [4.78, 5) is 7.82. The molecule has 0 fully saturated rings. The lowest BCUT2D eigenvalue weighted by atomic mass is 10.1. The summed E-state index contributed by atoms with van der Waals surface area (Å²) in [5.41, 5.74) is 0.645. The molecular formula is C11H6BrF3N2. The Labute approximate surface area is 104 Å². The van der Waals surface area contributed by atoms with E-state index >= 15 is 0 Å². The first-order valence-electron chi connectivity index (χ1n) is 4.62. The van der Waals surface area contributed by atoms with Crippen LogP contribution in [0.1, 0.15) is 5.56 Å². The van der Waals surface area contributed by atoms with Crippen LogP contribution in [-0.4, -0.2) is 9.97 Å². The van der Waals surface area contributed by atoms with Gasteiger partial charge >= 0.3 is 6.18 Å². The van der Waals surface area contributed by atoms with Gasteiger partial charge < -0.3 is 0 Å². The fourth-order valence-corrected chi connectivity index (χ4v) is 1.52. The molecule has 0 amide bonds. The molecule has 17 heavy (non-hydrogen) atoms. The minimum atomic E-state index is -4.31. The van der Waals surface area contributed by atoms with E-state index in [1.54, 1.807) is 12.4 Å². The number of nitrogens with zero attached hydrogens (tertiary/aromatic N) is 2. The lowest BCUT2D eigenvalue weighted by Crippen LogP contribution is -2.04. The molecule has 1 aromatic heterocycles. The van der Waals surface area contributed by atoms with Gasteiger partial charge in [0.1, 0.15) is 0 Å². The number of rotatable bonds is 1. The van der Waals surface area contributed by atoms with Gasteiger partial charge in [0.25, 0.3) is 0 Å². The van der Waals surface area contributed by atoms with Crippen LogP contribution in [0.3, 0.4) is 0 Å². The van der Waals surface area contributed by atoms with Gasteiger partial charge in [0, 0.05) is 18.0 Å². The number of hydrogen-bond acceptors (Lipinski definition) is 2. The van der Waals surface area contributed by atoms with Crippen molar-refractivity contribution in [3.8, 4) is 11.1 Å². The predicted molar refractivity (Wildman–Crippen MR) is 60.2 cm³/mol. The molecule has 0 radical (unpaired) electrons. The Morgan fingerprint density at radius 3 is 1.88 bits per heavy atom. The average molecular weight is 303 g/mol. The van der Waals surface area contributed by atoms with E-state index in [4.69, 9.17) is 0 Å². The van der Waals surface area contributed by atoms with Gasteiger partial charge in [0.15, 0.2) is 4.73 Å². The maximum absolute atomic E-state index is 12.3. The van der Waals surface area contributed by atoms with Crippen LogP contribution in [0, 0.1) is 0 Å². The van der Waals surface area contributed by atoms with Crippen molar-refractivity contribution >= 4 is 15.9 Å². The first-order valence-corrected chi connectivity index (χ1v) is 5.41. The zero-order valence-corrected chi connectivity index (χ0v) is 9.96. The summed E-state index contributed by atoms with van der Waals surface area (Å²) in [6, 6.07) is 4.87. The van der Waals surface area contributed by atoms with E-state index in [1.807, 2.05) is 0 Å². The summed E-state index contributed by atoms with van der Waals surface area (Å²) < 4.78 is 37.5. The van der Waals surface area contributed by atoms with Crippen molar-refractivity contribution in [2.24, 2.45) is 0 Å². The smallest absolute Gasteiger partial charge is 0.230 e. The molecule has 0 spiro atoms. The minimum Gasteiger partial charge on any atom is -0.230 e. The molecule has 6 heteroatoms. The molecule has 0 bridgehead atoms. The number of aromatic nitrogens is 2. The van der Waals surface area contributed by atoms with E-state index in [9.17, 15) is 13.2 Å². The molecule has 0 N–H and O–H groups in total. The topological polar surface area (TPSA) is 25.8 Å². The standard InChI is InChI=1S/C11H6BrF3N2/c12-10-16-5-8(6-17-10)7-1-3-9(4-2-7)11(13,14)15/h1-6H. The van der Waals surface area contributed by atoms with Crippen LogP contribution < -0.4 is 0 Å². The lowest BCUT2D eigenvalue weighted by molar-refractivity contribution is -0.137.